The van der Waals surface area contributed by atoms with Crippen LogP contribution in [0.3, 0.4) is 0 Å². The van der Waals surface area contributed by atoms with Gasteiger partial charge in [-0.25, -0.2) is 0 Å². The summed E-state index contributed by atoms with van der Waals surface area (Å²) in [6.07, 6.45) is 4.39. The van der Waals surface area contributed by atoms with E-state index in [1.54, 1.807) is 24.3 Å². The Morgan fingerprint density at radius 1 is 1.12 bits per heavy atom. The van der Waals surface area contributed by atoms with Gasteiger partial charge in [0, 0.05) is 43.0 Å². The van der Waals surface area contributed by atoms with E-state index in [-0.39, 0.29) is 36.3 Å². The Morgan fingerprint density at radius 3 is 2.48 bits per heavy atom. The molecule has 2 aliphatic heterocycles. The minimum Gasteiger partial charge on any atom is -0.381 e. The van der Waals surface area contributed by atoms with Gasteiger partial charge in [-0.05, 0) is 56.5 Å². The maximum Gasteiger partial charge on any atom is 0.251 e. The zero-order valence-electron chi connectivity index (χ0n) is 14.3. The second-order valence-electron chi connectivity index (χ2n) is 6.48. The van der Waals surface area contributed by atoms with E-state index in [4.69, 9.17) is 4.74 Å². The van der Waals surface area contributed by atoms with Gasteiger partial charge < -0.3 is 20.7 Å². The van der Waals surface area contributed by atoms with E-state index in [0.717, 1.165) is 37.9 Å². The molecule has 6 nitrogen and oxygen atoms in total. The Bertz CT molecular complexity index is 567. The number of hydrogen-bond donors (Lipinski definition) is 3. The molecule has 2 saturated heterocycles. The smallest absolute Gasteiger partial charge is 0.251 e. The Hall–Kier alpha value is -1.63. The SMILES string of the molecule is Cl.O=C(CC1CCCN1)Nc1ccc(C(=O)NC2CCOCC2)cc1. The number of carbonyl (C=O) groups excluding carboxylic acids is 2. The van der Waals surface area contributed by atoms with Crippen molar-refractivity contribution in [2.75, 3.05) is 25.1 Å². The standard InChI is InChI=1S/C18H25N3O3.ClH/c22-17(12-16-2-1-9-19-16)20-14-5-3-13(4-6-14)18(23)21-15-7-10-24-11-8-15;/h3-6,15-16,19H,1-2,7-12H2,(H,20,22)(H,21,23);1H. The summed E-state index contributed by atoms with van der Waals surface area (Å²) in [5.74, 6) is -0.0660. The summed E-state index contributed by atoms with van der Waals surface area (Å²) in [6.45, 7) is 2.40. The van der Waals surface area contributed by atoms with Crippen LogP contribution in [0.25, 0.3) is 0 Å². The van der Waals surface area contributed by atoms with Crippen LogP contribution in [-0.2, 0) is 9.53 Å². The highest BCUT2D eigenvalue weighted by Gasteiger charge is 2.18. The monoisotopic (exact) mass is 367 g/mol. The van der Waals surface area contributed by atoms with E-state index in [2.05, 4.69) is 16.0 Å². The molecule has 0 aromatic heterocycles. The van der Waals surface area contributed by atoms with E-state index in [9.17, 15) is 9.59 Å². The molecule has 2 heterocycles. The third kappa shape index (κ3) is 5.99. The second-order valence-corrected chi connectivity index (χ2v) is 6.48. The third-order valence-corrected chi connectivity index (χ3v) is 4.58. The summed E-state index contributed by atoms with van der Waals surface area (Å²) in [5.41, 5.74) is 1.33. The number of amides is 2. The van der Waals surface area contributed by atoms with Crippen molar-refractivity contribution in [2.45, 2.75) is 44.2 Å². The van der Waals surface area contributed by atoms with Crippen LogP contribution in [0, 0.1) is 0 Å². The maximum absolute atomic E-state index is 12.2. The normalized spacial score (nSPS) is 20.6. The average molecular weight is 368 g/mol. The van der Waals surface area contributed by atoms with Gasteiger partial charge in [0.1, 0.15) is 0 Å². The molecule has 1 atom stereocenters. The summed E-state index contributed by atoms with van der Waals surface area (Å²) in [4.78, 5) is 24.2. The first-order chi connectivity index (χ1) is 11.7. The Labute approximate surface area is 154 Å². The number of nitrogens with one attached hydrogen (secondary N) is 3. The van der Waals surface area contributed by atoms with Crippen LogP contribution in [-0.4, -0.2) is 43.7 Å². The van der Waals surface area contributed by atoms with Gasteiger partial charge in [0.05, 0.1) is 0 Å². The zero-order chi connectivity index (χ0) is 16.8. The van der Waals surface area contributed by atoms with E-state index < -0.39 is 0 Å². The molecule has 0 spiro atoms. The second kappa shape index (κ2) is 9.75. The zero-order valence-corrected chi connectivity index (χ0v) is 15.1. The van der Waals surface area contributed by atoms with Gasteiger partial charge in [-0.1, -0.05) is 0 Å². The fraction of sp³-hybridized carbons (Fsp3) is 0.556. The predicted octanol–water partition coefficient (Wildman–Crippen LogP) is 2.10. The summed E-state index contributed by atoms with van der Waals surface area (Å²) in [6, 6.07) is 7.52. The number of carbonyl (C=O) groups is 2. The first-order valence-corrected chi connectivity index (χ1v) is 8.72. The van der Waals surface area contributed by atoms with Crippen LogP contribution in [0.2, 0.25) is 0 Å². The number of anilines is 1. The average Bonchev–Trinajstić information content (AvgIpc) is 3.09. The quantitative estimate of drug-likeness (QED) is 0.744. The molecule has 2 amide bonds. The molecule has 1 unspecified atom stereocenters. The summed E-state index contributed by atoms with van der Waals surface area (Å²) >= 11 is 0. The predicted molar refractivity (Wildman–Crippen MR) is 99.3 cm³/mol. The molecule has 3 N–H and O–H groups in total. The number of benzene rings is 1. The first kappa shape index (κ1) is 19.7. The molecular weight excluding hydrogens is 342 g/mol. The Morgan fingerprint density at radius 2 is 1.84 bits per heavy atom. The van der Waals surface area contributed by atoms with Crippen molar-refractivity contribution in [3.8, 4) is 0 Å². The molecule has 1 aromatic rings. The molecule has 0 aliphatic carbocycles. The Kier molecular flexibility index (Phi) is 7.68. The molecule has 2 fully saturated rings. The van der Waals surface area contributed by atoms with Crippen LogP contribution in [0.1, 0.15) is 42.5 Å². The van der Waals surface area contributed by atoms with Gasteiger partial charge in [-0.15, -0.1) is 12.4 Å². The van der Waals surface area contributed by atoms with Gasteiger partial charge in [0.25, 0.3) is 5.91 Å². The van der Waals surface area contributed by atoms with Crippen molar-refractivity contribution in [3.63, 3.8) is 0 Å². The van der Waals surface area contributed by atoms with E-state index >= 15 is 0 Å². The lowest BCUT2D eigenvalue weighted by Crippen LogP contribution is -2.38. The molecule has 3 rings (SSSR count). The molecule has 0 radical (unpaired) electrons. The number of rotatable bonds is 5. The van der Waals surface area contributed by atoms with Gasteiger partial charge in [0.15, 0.2) is 0 Å². The summed E-state index contributed by atoms with van der Waals surface area (Å²) in [5, 5.41) is 9.23. The van der Waals surface area contributed by atoms with Crippen LogP contribution in [0.4, 0.5) is 5.69 Å². The van der Waals surface area contributed by atoms with Crippen molar-refractivity contribution in [1.82, 2.24) is 10.6 Å². The van der Waals surface area contributed by atoms with Gasteiger partial charge in [-0.3, -0.25) is 9.59 Å². The van der Waals surface area contributed by atoms with Crippen molar-refractivity contribution in [2.24, 2.45) is 0 Å². The minimum absolute atomic E-state index is 0. The van der Waals surface area contributed by atoms with E-state index in [1.165, 1.54) is 0 Å². The van der Waals surface area contributed by atoms with Crippen LogP contribution < -0.4 is 16.0 Å². The van der Waals surface area contributed by atoms with Crippen molar-refractivity contribution < 1.29 is 14.3 Å². The molecule has 2 aliphatic rings. The topological polar surface area (TPSA) is 79.5 Å². The third-order valence-electron chi connectivity index (χ3n) is 4.58. The van der Waals surface area contributed by atoms with Crippen molar-refractivity contribution >= 4 is 29.9 Å². The largest absolute Gasteiger partial charge is 0.381 e. The fourth-order valence-corrected chi connectivity index (χ4v) is 3.18. The van der Waals surface area contributed by atoms with Crippen LogP contribution >= 0.6 is 12.4 Å². The lowest BCUT2D eigenvalue weighted by molar-refractivity contribution is -0.116. The lowest BCUT2D eigenvalue weighted by Gasteiger charge is -2.23. The van der Waals surface area contributed by atoms with Crippen molar-refractivity contribution in [1.29, 1.82) is 0 Å². The molecule has 0 bridgehead atoms. The Balaban J connectivity index is 0.00000225. The van der Waals surface area contributed by atoms with Gasteiger partial charge >= 0.3 is 0 Å². The highest BCUT2D eigenvalue weighted by Crippen LogP contribution is 2.14. The lowest BCUT2D eigenvalue weighted by atomic mass is 10.1. The summed E-state index contributed by atoms with van der Waals surface area (Å²) < 4.78 is 5.29. The van der Waals surface area contributed by atoms with E-state index in [0.29, 0.717) is 25.2 Å². The van der Waals surface area contributed by atoms with Crippen LogP contribution in [0.5, 0.6) is 0 Å². The number of ether oxygens (including phenoxy) is 1. The molecule has 0 saturated carbocycles. The van der Waals surface area contributed by atoms with Crippen molar-refractivity contribution in [3.05, 3.63) is 29.8 Å². The maximum atomic E-state index is 12.2. The molecular formula is C18H26ClN3O3. The highest BCUT2D eigenvalue weighted by molar-refractivity contribution is 5.96. The first-order valence-electron chi connectivity index (χ1n) is 8.72. The molecule has 138 valence electrons. The number of hydrogen-bond acceptors (Lipinski definition) is 4. The van der Waals surface area contributed by atoms with Gasteiger partial charge in [-0.2, -0.15) is 0 Å². The highest BCUT2D eigenvalue weighted by atomic mass is 35.5. The van der Waals surface area contributed by atoms with E-state index in [1.807, 2.05) is 0 Å². The minimum atomic E-state index is -0.0741. The molecule has 1 aromatic carbocycles. The molecule has 7 heteroatoms. The molecule has 25 heavy (non-hydrogen) atoms. The van der Waals surface area contributed by atoms with Crippen LogP contribution in [0.15, 0.2) is 24.3 Å². The summed E-state index contributed by atoms with van der Waals surface area (Å²) in [7, 11) is 0. The number of halogens is 1. The fourth-order valence-electron chi connectivity index (χ4n) is 3.18. The van der Waals surface area contributed by atoms with Gasteiger partial charge in [0.2, 0.25) is 5.91 Å².